The first-order valence-electron chi connectivity index (χ1n) is 0.654. The molecule has 0 aromatic heterocycles. The van der Waals surface area contributed by atoms with Gasteiger partial charge in [-0.2, -0.15) is 0 Å². The molecule has 0 aliphatic carbocycles. The van der Waals surface area contributed by atoms with Crippen LogP contribution in [-0.2, 0) is 9.09 Å². The molecule has 0 spiro atoms. The van der Waals surface area contributed by atoms with Gasteiger partial charge in [-0.3, -0.25) is 4.52 Å². The van der Waals surface area contributed by atoms with E-state index in [4.69, 9.17) is 4.57 Å². The lowest BCUT2D eigenvalue weighted by molar-refractivity contribution is 0.478. The van der Waals surface area contributed by atoms with Gasteiger partial charge in [0, 0.05) is 0 Å². The quantitative estimate of drug-likeness (QED) is 0.436. The monoisotopic (exact) mass is 77.0 g/mol. The zero-order valence-electron chi connectivity index (χ0n) is 1.97. The lowest BCUT2D eigenvalue weighted by Gasteiger charge is -1.56. The fourth-order valence-electron chi connectivity index (χ4n) is 0. The van der Waals surface area contributed by atoms with Crippen LogP contribution in [0.3, 0.4) is 0 Å². The van der Waals surface area contributed by atoms with Crippen molar-refractivity contribution in [3.8, 4) is 0 Å². The summed E-state index contributed by atoms with van der Waals surface area (Å²) in [5, 5.41) is 0. The highest BCUT2D eigenvalue weighted by atomic mass is 31.1. The van der Waals surface area contributed by atoms with Gasteiger partial charge >= 0.3 is 8.69 Å². The first kappa shape index (κ1) is 4.06. The van der Waals surface area contributed by atoms with Crippen LogP contribution in [0, 0.1) is 7.11 Å². The van der Waals surface area contributed by atoms with E-state index in [1.165, 1.54) is 0 Å². The third-order valence-corrected chi connectivity index (χ3v) is 0.158. The highest BCUT2D eigenvalue weighted by Gasteiger charge is 1.52. The molecule has 0 N–H and O–H groups in total. The minimum atomic E-state index is -0.363. The van der Waals surface area contributed by atoms with Crippen molar-refractivity contribution in [3.05, 3.63) is 7.11 Å². The lowest BCUT2D eigenvalue weighted by Crippen LogP contribution is -1.33. The van der Waals surface area contributed by atoms with Crippen LogP contribution in [0.4, 0.5) is 0 Å². The van der Waals surface area contributed by atoms with Crippen LogP contribution in [0.25, 0.3) is 0 Å². The number of rotatable bonds is 1. The SMILES string of the molecule is [CH2]OP=O. The zero-order chi connectivity index (χ0) is 3.41. The molecule has 0 bridgehead atoms. The highest BCUT2D eigenvalue weighted by molar-refractivity contribution is 7.17. The average molecular weight is 77.0 g/mol. The highest BCUT2D eigenvalue weighted by Crippen LogP contribution is 1.85. The maximum atomic E-state index is 8.99. The predicted octanol–water partition coefficient (Wildman–Crippen LogP) is 1.00. The van der Waals surface area contributed by atoms with Crippen molar-refractivity contribution in [2.75, 3.05) is 0 Å². The van der Waals surface area contributed by atoms with E-state index in [0.717, 1.165) is 0 Å². The van der Waals surface area contributed by atoms with E-state index in [0.29, 0.717) is 0 Å². The van der Waals surface area contributed by atoms with Crippen molar-refractivity contribution in [1.82, 2.24) is 0 Å². The van der Waals surface area contributed by atoms with Gasteiger partial charge in [0.05, 0.1) is 7.11 Å². The Morgan fingerprint density at radius 1 is 2.00 bits per heavy atom. The van der Waals surface area contributed by atoms with Crippen molar-refractivity contribution >= 4 is 8.69 Å². The van der Waals surface area contributed by atoms with Crippen LogP contribution in [0.15, 0.2) is 0 Å². The molecular formula is CH2O2P. The van der Waals surface area contributed by atoms with Gasteiger partial charge in [-0.05, 0) is 0 Å². The molecular weight excluding hydrogens is 75.0 g/mol. The molecule has 0 aliphatic rings. The maximum absolute atomic E-state index is 8.99. The summed E-state index contributed by atoms with van der Waals surface area (Å²) in [6, 6.07) is 0. The van der Waals surface area contributed by atoms with Crippen molar-refractivity contribution < 1.29 is 9.09 Å². The molecule has 0 rings (SSSR count). The van der Waals surface area contributed by atoms with E-state index in [2.05, 4.69) is 11.6 Å². The summed E-state index contributed by atoms with van der Waals surface area (Å²) in [7, 11) is 2.42. The molecule has 3 heteroatoms. The van der Waals surface area contributed by atoms with E-state index in [1.807, 2.05) is 0 Å². The van der Waals surface area contributed by atoms with Crippen molar-refractivity contribution in [3.63, 3.8) is 0 Å². The predicted molar refractivity (Wildman–Crippen MR) is 14.0 cm³/mol. The second-order valence-corrected chi connectivity index (χ2v) is 0.611. The molecule has 0 fully saturated rings. The second-order valence-electron chi connectivity index (χ2n) is 0.204. The molecule has 0 amide bonds. The van der Waals surface area contributed by atoms with Crippen molar-refractivity contribution in [2.45, 2.75) is 0 Å². The first-order chi connectivity index (χ1) is 1.91. The van der Waals surface area contributed by atoms with E-state index in [9.17, 15) is 0 Å². The Bertz CT molecular complexity index is 20.0. The molecule has 0 aliphatic heterocycles. The molecule has 0 saturated carbocycles. The average Bonchev–Trinajstić information content (AvgIpc) is 1.37. The van der Waals surface area contributed by atoms with Crippen LogP contribution >= 0.6 is 8.69 Å². The summed E-state index contributed by atoms with van der Waals surface area (Å²) < 4.78 is 12.7. The summed E-state index contributed by atoms with van der Waals surface area (Å²) >= 11 is 0. The van der Waals surface area contributed by atoms with Gasteiger partial charge in [0.15, 0.2) is 0 Å². The Labute approximate surface area is 26.1 Å². The molecule has 0 atom stereocenters. The van der Waals surface area contributed by atoms with Gasteiger partial charge in [0.1, 0.15) is 0 Å². The molecule has 23 valence electrons. The molecule has 0 aromatic carbocycles. The number of hydrogen-bond acceptors (Lipinski definition) is 2. The molecule has 0 heterocycles. The van der Waals surface area contributed by atoms with Crippen LogP contribution in [0.1, 0.15) is 0 Å². The van der Waals surface area contributed by atoms with Gasteiger partial charge in [-0.15, -0.1) is 0 Å². The standard InChI is InChI=1S/CH2O2P/c1-3-4-2/h1H2. The van der Waals surface area contributed by atoms with E-state index in [1.54, 1.807) is 0 Å². The van der Waals surface area contributed by atoms with E-state index in [-0.39, 0.29) is 8.69 Å². The largest absolute Gasteiger partial charge is 0.327 e. The number of hydrogen-bond donors (Lipinski definition) is 0. The van der Waals surface area contributed by atoms with Gasteiger partial charge in [-0.25, -0.2) is 4.57 Å². The Morgan fingerprint density at radius 2 is 2.25 bits per heavy atom. The third-order valence-electron chi connectivity index (χ3n) is 0.0527. The first-order valence-corrected chi connectivity index (χ1v) is 1.38. The van der Waals surface area contributed by atoms with Gasteiger partial charge in [0.2, 0.25) is 0 Å². The fourth-order valence-corrected chi connectivity index (χ4v) is 0. The summed E-state index contributed by atoms with van der Waals surface area (Å²) in [5.74, 6) is 0. The Hall–Kier alpha value is 0.0600. The summed E-state index contributed by atoms with van der Waals surface area (Å²) in [6.07, 6.45) is 0. The molecule has 0 aromatic rings. The van der Waals surface area contributed by atoms with E-state index >= 15 is 0 Å². The van der Waals surface area contributed by atoms with Crippen molar-refractivity contribution in [1.29, 1.82) is 0 Å². The maximum Gasteiger partial charge on any atom is 0.327 e. The summed E-state index contributed by atoms with van der Waals surface area (Å²) in [4.78, 5) is 0. The normalized spacial score (nSPS) is 8.25. The minimum Gasteiger partial charge on any atom is -0.292 e. The summed E-state index contributed by atoms with van der Waals surface area (Å²) in [5.41, 5.74) is 0. The summed E-state index contributed by atoms with van der Waals surface area (Å²) in [6.45, 7) is 0. The Morgan fingerprint density at radius 3 is 2.25 bits per heavy atom. The molecule has 2 nitrogen and oxygen atoms in total. The van der Waals surface area contributed by atoms with Crippen LogP contribution in [0.5, 0.6) is 0 Å². The molecule has 1 radical (unpaired) electrons. The fraction of sp³-hybridized carbons (Fsp3) is 0. The smallest absolute Gasteiger partial charge is 0.292 e. The van der Waals surface area contributed by atoms with Crippen LogP contribution < -0.4 is 0 Å². The van der Waals surface area contributed by atoms with Crippen LogP contribution in [-0.4, -0.2) is 0 Å². The Balaban J connectivity index is 2.30. The third kappa shape index (κ3) is 2.06. The van der Waals surface area contributed by atoms with Crippen LogP contribution in [0.2, 0.25) is 0 Å². The molecule has 4 heavy (non-hydrogen) atoms. The Kier molecular flexibility index (Phi) is 3.11. The van der Waals surface area contributed by atoms with E-state index < -0.39 is 0 Å². The molecule has 0 unspecified atom stereocenters. The van der Waals surface area contributed by atoms with Gasteiger partial charge in [0.25, 0.3) is 0 Å². The van der Waals surface area contributed by atoms with Gasteiger partial charge in [-0.1, -0.05) is 0 Å². The minimum absolute atomic E-state index is 0.363. The van der Waals surface area contributed by atoms with Crippen molar-refractivity contribution in [2.24, 2.45) is 0 Å². The second kappa shape index (κ2) is 3.06. The lowest BCUT2D eigenvalue weighted by atomic mass is 11.8. The topological polar surface area (TPSA) is 26.3 Å². The van der Waals surface area contributed by atoms with Gasteiger partial charge < -0.3 is 0 Å². The zero-order valence-corrected chi connectivity index (χ0v) is 2.87. The molecule has 0 saturated heterocycles.